The van der Waals surface area contributed by atoms with Crippen LogP contribution in [0, 0.1) is 6.92 Å². The lowest BCUT2D eigenvalue weighted by molar-refractivity contribution is -0.139. The fraction of sp³-hybridized carbons (Fsp3) is 0.417. The van der Waals surface area contributed by atoms with Crippen LogP contribution in [0.25, 0.3) is 0 Å². The lowest BCUT2D eigenvalue weighted by Crippen LogP contribution is -2.51. The summed E-state index contributed by atoms with van der Waals surface area (Å²) in [6.45, 7) is 2.96. The zero-order chi connectivity index (χ0) is 24.2. The highest BCUT2D eigenvalue weighted by Crippen LogP contribution is 2.47. The molecule has 0 radical (unpaired) electrons. The summed E-state index contributed by atoms with van der Waals surface area (Å²) in [7, 11) is 0. The summed E-state index contributed by atoms with van der Waals surface area (Å²) in [5.41, 5.74) is 1.51. The highest BCUT2D eigenvalue weighted by molar-refractivity contribution is 6.31. The van der Waals surface area contributed by atoms with Crippen LogP contribution in [0.15, 0.2) is 36.4 Å². The smallest absolute Gasteiger partial charge is 0.341 e. The molecule has 9 heteroatoms. The van der Waals surface area contributed by atoms with Crippen LogP contribution < -0.4 is 10.1 Å². The van der Waals surface area contributed by atoms with Crippen molar-refractivity contribution in [2.75, 3.05) is 13.2 Å². The second kappa shape index (κ2) is 10.7. The minimum Gasteiger partial charge on any atom is -0.482 e. The van der Waals surface area contributed by atoms with E-state index in [4.69, 9.17) is 42.9 Å². The number of carbonyl (C=O) groups excluding carboxylic acids is 1. The Morgan fingerprint density at radius 3 is 2.61 bits per heavy atom. The van der Waals surface area contributed by atoms with Gasteiger partial charge in [-0.25, -0.2) is 4.79 Å². The molecule has 0 unspecified atom stereocenters. The van der Waals surface area contributed by atoms with Crippen LogP contribution in [-0.4, -0.2) is 40.8 Å². The van der Waals surface area contributed by atoms with E-state index in [-0.39, 0.29) is 18.9 Å². The molecule has 1 aliphatic rings. The number of rotatable bonds is 8. The number of benzene rings is 2. The molecule has 0 spiro atoms. The third-order valence-corrected chi connectivity index (χ3v) is 6.23. The highest BCUT2D eigenvalue weighted by Gasteiger charge is 2.41. The number of halogens is 2. The van der Waals surface area contributed by atoms with Crippen LogP contribution in [0.5, 0.6) is 5.75 Å². The van der Waals surface area contributed by atoms with E-state index in [1.807, 2.05) is 25.1 Å². The summed E-state index contributed by atoms with van der Waals surface area (Å²) in [4.78, 5) is 23.5. The van der Waals surface area contributed by atoms with Crippen molar-refractivity contribution < 1.29 is 29.3 Å². The van der Waals surface area contributed by atoms with Gasteiger partial charge >= 0.3 is 5.97 Å². The Hall–Kier alpha value is -2.32. The first-order valence-electron chi connectivity index (χ1n) is 10.6. The Morgan fingerprint density at radius 1 is 1.21 bits per heavy atom. The van der Waals surface area contributed by atoms with Gasteiger partial charge < -0.3 is 25.0 Å². The quantitative estimate of drug-likeness (QED) is 0.493. The average Bonchev–Trinajstić information content (AvgIpc) is 2.73. The van der Waals surface area contributed by atoms with E-state index in [1.165, 1.54) is 0 Å². The van der Waals surface area contributed by atoms with E-state index >= 15 is 0 Å². The molecule has 2 aromatic rings. The van der Waals surface area contributed by atoms with Gasteiger partial charge in [-0.2, -0.15) is 0 Å². The summed E-state index contributed by atoms with van der Waals surface area (Å²) in [6, 6.07) is 10.7. The molecule has 33 heavy (non-hydrogen) atoms. The van der Waals surface area contributed by atoms with Gasteiger partial charge in [0, 0.05) is 40.4 Å². The third kappa shape index (κ3) is 6.60. The summed E-state index contributed by atoms with van der Waals surface area (Å²) < 4.78 is 12.0. The van der Waals surface area contributed by atoms with Gasteiger partial charge in [0.2, 0.25) is 5.91 Å². The first kappa shape index (κ1) is 25.3. The highest BCUT2D eigenvalue weighted by atomic mass is 35.5. The van der Waals surface area contributed by atoms with Gasteiger partial charge in [-0.3, -0.25) is 4.79 Å². The first-order valence-corrected chi connectivity index (χ1v) is 11.3. The average molecular weight is 496 g/mol. The largest absolute Gasteiger partial charge is 0.482 e. The molecule has 2 aromatic carbocycles. The molecule has 3 rings (SSSR count). The number of carbonyl (C=O) groups is 2. The van der Waals surface area contributed by atoms with Crippen molar-refractivity contribution in [3.05, 3.63) is 63.1 Å². The molecule has 1 saturated heterocycles. The Labute approximate surface area is 202 Å². The molecule has 1 fully saturated rings. The second-order valence-corrected chi connectivity index (χ2v) is 9.32. The maximum absolute atomic E-state index is 12.4. The number of hydrogen-bond acceptors (Lipinski definition) is 5. The summed E-state index contributed by atoms with van der Waals surface area (Å²) in [5.74, 6) is -1.01. The zero-order valence-electron chi connectivity index (χ0n) is 18.4. The molecule has 178 valence electrons. The summed E-state index contributed by atoms with van der Waals surface area (Å²) >= 11 is 12.6. The second-order valence-electron chi connectivity index (χ2n) is 8.48. The summed E-state index contributed by atoms with van der Waals surface area (Å²) in [5, 5.41) is 22.3. The minimum atomic E-state index is -1.10. The minimum absolute atomic E-state index is 0.00766. The number of aliphatic hydroxyl groups is 1. The van der Waals surface area contributed by atoms with Crippen molar-refractivity contribution >= 4 is 35.1 Å². The number of aliphatic carboxylic acids is 1. The number of carboxylic acid groups (broad SMARTS) is 1. The van der Waals surface area contributed by atoms with Gasteiger partial charge in [0.15, 0.2) is 6.61 Å². The maximum atomic E-state index is 12.4. The molecule has 1 aliphatic heterocycles. The van der Waals surface area contributed by atoms with E-state index in [9.17, 15) is 9.59 Å². The molecular weight excluding hydrogens is 469 g/mol. The number of aryl methyl sites for hydroxylation is 1. The van der Waals surface area contributed by atoms with E-state index in [1.54, 1.807) is 25.1 Å². The SMILES string of the molecule is Cc1cc(OCC(=O)O)c([C@H]2C[C@](C)(NC(=O)CCO)C[C@@H](c3cccc(Cl)c3)O2)cc1Cl. The van der Waals surface area contributed by atoms with Gasteiger partial charge in [0.1, 0.15) is 5.75 Å². The van der Waals surface area contributed by atoms with Crippen molar-refractivity contribution in [1.29, 1.82) is 0 Å². The van der Waals surface area contributed by atoms with Crippen molar-refractivity contribution in [2.24, 2.45) is 0 Å². The van der Waals surface area contributed by atoms with Gasteiger partial charge in [-0.05, 0) is 49.2 Å². The zero-order valence-corrected chi connectivity index (χ0v) is 19.9. The fourth-order valence-corrected chi connectivity index (χ4v) is 4.44. The van der Waals surface area contributed by atoms with Crippen LogP contribution >= 0.6 is 23.2 Å². The number of carboxylic acids is 1. The molecular formula is C24H27Cl2NO6. The molecule has 3 atom stereocenters. The van der Waals surface area contributed by atoms with Crippen LogP contribution in [0.2, 0.25) is 10.0 Å². The predicted molar refractivity (Wildman–Crippen MR) is 125 cm³/mol. The molecule has 1 amide bonds. The van der Waals surface area contributed by atoms with E-state index in [0.29, 0.717) is 34.2 Å². The predicted octanol–water partition coefficient (Wildman–Crippen LogP) is 4.62. The lowest BCUT2D eigenvalue weighted by Gasteiger charge is -2.43. The Balaban J connectivity index is 2.01. The van der Waals surface area contributed by atoms with Gasteiger partial charge in [-0.1, -0.05) is 35.3 Å². The van der Waals surface area contributed by atoms with Crippen molar-refractivity contribution in [2.45, 2.75) is 50.9 Å². The monoisotopic (exact) mass is 495 g/mol. The number of ether oxygens (including phenoxy) is 2. The number of amides is 1. The van der Waals surface area contributed by atoms with Crippen LogP contribution in [0.1, 0.15) is 55.1 Å². The Bertz CT molecular complexity index is 1030. The number of hydrogen-bond donors (Lipinski definition) is 3. The van der Waals surface area contributed by atoms with Crippen LogP contribution in [0.4, 0.5) is 0 Å². The normalized spacial score (nSPS) is 22.6. The van der Waals surface area contributed by atoms with Gasteiger partial charge in [0.05, 0.1) is 18.8 Å². The van der Waals surface area contributed by atoms with E-state index in [0.717, 1.165) is 11.1 Å². The van der Waals surface area contributed by atoms with Crippen molar-refractivity contribution in [3.63, 3.8) is 0 Å². The number of aliphatic hydroxyl groups excluding tert-OH is 1. The van der Waals surface area contributed by atoms with Gasteiger partial charge in [-0.15, -0.1) is 0 Å². The molecule has 3 N–H and O–H groups in total. The lowest BCUT2D eigenvalue weighted by atomic mass is 9.81. The topological polar surface area (TPSA) is 105 Å². The molecule has 7 nitrogen and oxygen atoms in total. The van der Waals surface area contributed by atoms with Crippen molar-refractivity contribution in [3.8, 4) is 5.75 Å². The van der Waals surface area contributed by atoms with Crippen LogP contribution in [0.3, 0.4) is 0 Å². The molecule has 0 saturated carbocycles. The standard InChI is InChI=1S/C24H27Cl2NO6/c1-14-8-19(32-13-23(30)31)17(10-18(14)26)21-12-24(2,27-22(29)6-7-28)11-20(33-21)15-4-3-5-16(25)9-15/h3-5,8-10,20-21,28H,6-7,11-13H2,1-2H3,(H,27,29)(H,30,31)/t20-,21+,24+/m0/s1. The fourth-order valence-electron chi connectivity index (χ4n) is 4.07. The van der Waals surface area contributed by atoms with Crippen molar-refractivity contribution in [1.82, 2.24) is 5.32 Å². The first-order chi connectivity index (χ1) is 15.6. The van der Waals surface area contributed by atoms with E-state index in [2.05, 4.69) is 5.32 Å². The van der Waals surface area contributed by atoms with E-state index < -0.39 is 30.3 Å². The van der Waals surface area contributed by atoms with Gasteiger partial charge in [0.25, 0.3) is 0 Å². The Kier molecular flexibility index (Phi) is 8.23. The molecule has 1 heterocycles. The molecule has 0 bridgehead atoms. The number of nitrogens with one attached hydrogen (secondary N) is 1. The molecule has 0 aromatic heterocycles. The molecule has 0 aliphatic carbocycles. The maximum Gasteiger partial charge on any atom is 0.341 e. The van der Waals surface area contributed by atoms with Crippen LogP contribution in [-0.2, 0) is 14.3 Å². The third-order valence-electron chi connectivity index (χ3n) is 5.59. The Morgan fingerprint density at radius 2 is 1.94 bits per heavy atom. The summed E-state index contributed by atoms with van der Waals surface area (Å²) in [6.07, 6.45) is -0.0965.